The van der Waals surface area contributed by atoms with E-state index in [0.29, 0.717) is 11.5 Å². The molecule has 4 nitrogen and oxygen atoms in total. The van der Waals surface area contributed by atoms with Gasteiger partial charge < -0.3 is 13.7 Å². The van der Waals surface area contributed by atoms with Crippen LogP contribution >= 0.6 is 0 Å². The maximum atomic E-state index is 6.32. The molecule has 0 aliphatic heterocycles. The number of fused-ring (bicyclic) bond motifs is 5. The molecule has 4 heteroatoms. The predicted octanol–water partition coefficient (Wildman–Crippen LogP) is 15.0. The second kappa shape index (κ2) is 13.6. The fourth-order valence-corrected chi connectivity index (χ4v) is 8.05. The Labute approximate surface area is 329 Å². The van der Waals surface area contributed by atoms with Gasteiger partial charge in [-0.3, -0.25) is 0 Å². The van der Waals surface area contributed by atoms with Gasteiger partial charge in [0, 0.05) is 39.5 Å². The van der Waals surface area contributed by atoms with Crippen LogP contribution in [-0.2, 0) is 0 Å². The molecule has 9 aromatic carbocycles. The third kappa shape index (κ3) is 5.92. The number of hydrogen-bond donors (Lipinski definition) is 0. The highest BCUT2D eigenvalue weighted by Crippen LogP contribution is 2.40. The van der Waals surface area contributed by atoms with E-state index in [-0.39, 0.29) is 0 Å². The predicted molar refractivity (Wildman–Crippen MR) is 235 cm³/mol. The van der Waals surface area contributed by atoms with Gasteiger partial charge in [-0.25, -0.2) is 4.98 Å². The number of anilines is 3. The number of nitrogens with zero attached hydrogens (tertiary/aromatic N) is 2. The quantitative estimate of drug-likeness (QED) is 0.164. The first-order valence-electron chi connectivity index (χ1n) is 19.2. The van der Waals surface area contributed by atoms with Gasteiger partial charge in [0.15, 0.2) is 5.58 Å². The third-order valence-corrected chi connectivity index (χ3v) is 10.9. The first kappa shape index (κ1) is 32.7. The van der Waals surface area contributed by atoms with Crippen LogP contribution < -0.4 is 4.90 Å². The van der Waals surface area contributed by atoms with Crippen molar-refractivity contribution in [3.8, 4) is 44.8 Å². The molecule has 0 bridgehead atoms. The van der Waals surface area contributed by atoms with Crippen LogP contribution in [0.3, 0.4) is 0 Å². The summed E-state index contributed by atoms with van der Waals surface area (Å²) >= 11 is 0. The first-order valence-corrected chi connectivity index (χ1v) is 19.2. The second-order valence-corrected chi connectivity index (χ2v) is 14.4. The summed E-state index contributed by atoms with van der Waals surface area (Å²) in [4.78, 5) is 7.15. The van der Waals surface area contributed by atoms with Gasteiger partial charge in [0.2, 0.25) is 5.89 Å². The zero-order chi connectivity index (χ0) is 37.7. The molecule has 0 atom stereocenters. The molecule has 0 amide bonds. The Morgan fingerprint density at radius 1 is 0.333 bits per heavy atom. The van der Waals surface area contributed by atoms with Crippen molar-refractivity contribution in [3.05, 3.63) is 206 Å². The fraction of sp³-hybridized carbons (Fsp3) is 0. The molecule has 0 aliphatic rings. The van der Waals surface area contributed by atoms with Gasteiger partial charge in [0.1, 0.15) is 16.7 Å². The highest BCUT2D eigenvalue weighted by Gasteiger charge is 2.17. The van der Waals surface area contributed by atoms with Gasteiger partial charge in [-0.05, 0) is 111 Å². The van der Waals surface area contributed by atoms with Crippen LogP contribution in [0.4, 0.5) is 17.1 Å². The Balaban J connectivity index is 0.970. The molecule has 11 aromatic rings. The molecule has 2 heterocycles. The van der Waals surface area contributed by atoms with E-state index in [1.54, 1.807) is 0 Å². The summed E-state index contributed by atoms with van der Waals surface area (Å²) in [5.41, 5.74) is 14.3. The third-order valence-electron chi connectivity index (χ3n) is 10.9. The maximum absolute atomic E-state index is 6.32. The standard InChI is InChI=1S/C53H34N2O2/c1-3-11-35(12-4-1)40-17-9-18-44(31-40)55(43-28-23-38(24-29-43)46-20-10-16-37-13-7-8-19-45(37)46)42-26-21-36(22-27-42)41-25-30-50-47(32-41)48-33-49-52(34-51(48)56-50)57-53(54-49)39-14-5-2-6-15-39/h1-34H. The van der Waals surface area contributed by atoms with Crippen molar-refractivity contribution in [1.82, 2.24) is 4.98 Å². The summed E-state index contributed by atoms with van der Waals surface area (Å²) in [7, 11) is 0. The molecule has 2 aromatic heterocycles. The van der Waals surface area contributed by atoms with Crippen LogP contribution in [0.5, 0.6) is 0 Å². The van der Waals surface area contributed by atoms with E-state index in [2.05, 4.69) is 175 Å². The van der Waals surface area contributed by atoms with E-state index in [4.69, 9.17) is 13.8 Å². The van der Waals surface area contributed by atoms with E-state index in [1.165, 1.54) is 33.0 Å². The average Bonchev–Trinajstić information content (AvgIpc) is 3.87. The number of hydrogen-bond acceptors (Lipinski definition) is 4. The largest absolute Gasteiger partial charge is 0.456 e. The minimum Gasteiger partial charge on any atom is -0.456 e. The van der Waals surface area contributed by atoms with E-state index in [9.17, 15) is 0 Å². The van der Waals surface area contributed by atoms with Gasteiger partial charge in [-0.2, -0.15) is 0 Å². The molecular weight excluding hydrogens is 697 g/mol. The molecule has 0 N–H and O–H groups in total. The SMILES string of the molecule is c1ccc(-c2cccc(N(c3ccc(-c4ccc5oc6cc7oc(-c8ccccc8)nc7cc6c5c4)cc3)c3ccc(-c4cccc5ccccc45)cc3)c2)cc1. The van der Waals surface area contributed by atoms with Gasteiger partial charge in [-0.1, -0.05) is 133 Å². The van der Waals surface area contributed by atoms with Crippen molar-refractivity contribution < 1.29 is 8.83 Å². The smallest absolute Gasteiger partial charge is 0.227 e. The van der Waals surface area contributed by atoms with E-state index in [1.807, 2.05) is 36.4 Å². The maximum Gasteiger partial charge on any atom is 0.227 e. The van der Waals surface area contributed by atoms with Crippen LogP contribution in [0.15, 0.2) is 215 Å². The summed E-state index contributed by atoms with van der Waals surface area (Å²) in [6.07, 6.45) is 0. The summed E-state index contributed by atoms with van der Waals surface area (Å²) < 4.78 is 12.5. The van der Waals surface area contributed by atoms with E-state index >= 15 is 0 Å². The number of rotatable bonds is 7. The fourth-order valence-electron chi connectivity index (χ4n) is 8.05. The number of oxazole rings is 1. The molecule has 0 spiro atoms. The minimum absolute atomic E-state index is 0.602. The van der Waals surface area contributed by atoms with Crippen molar-refractivity contribution in [1.29, 1.82) is 0 Å². The van der Waals surface area contributed by atoms with Crippen LogP contribution in [0.1, 0.15) is 0 Å². The molecular formula is C53H34N2O2. The zero-order valence-corrected chi connectivity index (χ0v) is 30.8. The molecule has 0 radical (unpaired) electrons. The monoisotopic (exact) mass is 730 g/mol. The van der Waals surface area contributed by atoms with Gasteiger partial charge in [-0.15, -0.1) is 0 Å². The van der Waals surface area contributed by atoms with Gasteiger partial charge in [0.25, 0.3) is 0 Å². The normalized spacial score (nSPS) is 11.5. The molecule has 57 heavy (non-hydrogen) atoms. The lowest BCUT2D eigenvalue weighted by Crippen LogP contribution is -2.10. The van der Waals surface area contributed by atoms with Crippen LogP contribution in [0, 0.1) is 0 Å². The Morgan fingerprint density at radius 3 is 1.72 bits per heavy atom. The molecule has 0 unspecified atom stereocenters. The lowest BCUT2D eigenvalue weighted by atomic mass is 9.98. The Kier molecular flexibility index (Phi) is 7.78. The van der Waals surface area contributed by atoms with Crippen LogP contribution in [0.25, 0.3) is 88.6 Å². The van der Waals surface area contributed by atoms with Crippen LogP contribution in [-0.4, -0.2) is 4.98 Å². The zero-order valence-electron chi connectivity index (χ0n) is 30.8. The van der Waals surface area contributed by atoms with E-state index in [0.717, 1.165) is 61.2 Å². The summed E-state index contributed by atoms with van der Waals surface area (Å²) in [5, 5.41) is 4.55. The lowest BCUT2D eigenvalue weighted by Gasteiger charge is -2.26. The summed E-state index contributed by atoms with van der Waals surface area (Å²) in [6.45, 7) is 0. The average molecular weight is 731 g/mol. The Hall–Kier alpha value is -7.69. The second-order valence-electron chi connectivity index (χ2n) is 14.4. The number of furan rings is 1. The number of benzene rings is 9. The molecule has 0 aliphatic carbocycles. The lowest BCUT2D eigenvalue weighted by molar-refractivity contribution is 0.617. The highest BCUT2D eigenvalue weighted by atomic mass is 16.4. The highest BCUT2D eigenvalue weighted by molar-refractivity contribution is 6.10. The van der Waals surface area contributed by atoms with Crippen molar-refractivity contribution in [3.63, 3.8) is 0 Å². The topological polar surface area (TPSA) is 42.4 Å². The van der Waals surface area contributed by atoms with Crippen molar-refractivity contribution in [2.45, 2.75) is 0 Å². The molecule has 0 saturated heterocycles. The first-order chi connectivity index (χ1) is 28.2. The summed E-state index contributed by atoms with van der Waals surface area (Å²) in [6, 6.07) is 72.6. The molecule has 0 saturated carbocycles. The van der Waals surface area contributed by atoms with Crippen LogP contribution in [0.2, 0.25) is 0 Å². The van der Waals surface area contributed by atoms with Gasteiger partial charge >= 0.3 is 0 Å². The summed E-state index contributed by atoms with van der Waals surface area (Å²) in [5.74, 6) is 0.602. The van der Waals surface area contributed by atoms with Crippen molar-refractivity contribution in [2.24, 2.45) is 0 Å². The van der Waals surface area contributed by atoms with Gasteiger partial charge in [0.05, 0.1) is 0 Å². The van der Waals surface area contributed by atoms with E-state index < -0.39 is 0 Å². The minimum atomic E-state index is 0.602. The van der Waals surface area contributed by atoms with Crippen molar-refractivity contribution in [2.75, 3.05) is 4.90 Å². The molecule has 0 fully saturated rings. The number of aromatic nitrogens is 1. The Morgan fingerprint density at radius 2 is 0.930 bits per heavy atom. The molecule has 11 rings (SSSR count). The molecule has 268 valence electrons. The van der Waals surface area contributed by atoms with Crippen molar-refractivity contribution >= 4 is 60.9 Å². The Bertz CT molecular complexity index is 3210.